The van der Waals surface area contributed by atoms with Gasteiger partial charge in [-0.3, -0.25) is 28.6 Å². The van der Waals surface area contributed by atoms with Gasteiger partial charge in [-0.2, -0.15) is 5.10 Å². The number of piperidine rings is 2. The molecule has 0 unspecified atom stereocenters. The number of aromatic nitrogens is 3. The van der Waals surface area contributed by atoms with Crippen molar-refractivity contribution in [2.45, 2.75) is 133 Å². The Labute approximate surface area is 489 Å². The summed E-state index contributed by atoms with van der Waals surface area (Å²) in [6.07, 6.45) is 14.9. The van der Waals surface area contributed by atoms with Gasteiger partial charge in [0.2, 0.25) is 0 Å². The largest absolute Gasteiger partial charge is 0.662 e. The van der Waals surface area contributed by atoms with Crippen molar-refractivity contribution in [2.24, 2.45) is 0 Å². The second-order valence-electron chi connectivity index (χ2n) is 21.9. The molecule has 5 fully saturated rings. The quantitative estimate of drug-likeness (QED) is 0.0760. The summed E-state index contributed by atoms with van der Waals surface area (Å²) >= 11 is 0. The maximum absolute atomic E-state index is 13.5. The molecule has 79 heavy (non-hydrogen) atoms. The van der Waals surface area contributed by atoms with E-state index in [2.05, 4.69) is 44.4 Å². The number of likely N-dealkylation sites (tertiary alicyclic amines) is 1. The molecule has 1 N–H and O–H groups in total. The molecule has 0 amide bonds. The Bertz CT molecular complexity index is 3010. The number of hydrogen-bond donors (Lipinski definition) is 1. The minimum Gasteiger partial charge on any atom is -0.662 e. The summed E-state index contributed by atoms with van der Waals surface area (Å²) in [5, 5.41) is 19.9. The third-order valence-corrected chi connectivity index (χ3v) is 17.1. The number of aryl methyl sites for hydroxylation is 1. The van der Waals surface area contributed by atoms with E-state index in [1.54, 1.807) is 9.25 Å². The van der Waals surface area contributed by atoms with Crippen LogP contribution in [0.3, 0.4) is 0 Å². The zero-order valence-corrected chi connectivity index (χ0v) is 48.8. The maximum atomic E-state index is 13.5. The molecule has 0 spiro atoms. The van der Waals surface area contributed by atoms with Gasteiger partial charge in [0, 0.05) is 62.8 Å². The van der Waals surface area contributed by atoms with Crippen LogP contribution >= 0.6 is 0 Å². The standard InChI is InChI=1S/C34H45N6O3.C27H29N2O3.CH2O2.Y/c1-26-20-27(22-30(24-41)36-39-18-16-38(17-19-39)31-10-14-37(2)15-11-31)21-28-23-35-40(32(26)28)25-43-33(42)34(12-6-7-13-34)29-8-4-3-5-9-29;30-25-23(20-12-16-28-17-13-20)18-21-8-4-5-11-24(21)29(25)19-32-26(31)27(14-6-7-15-27)22-9-2-1-3-10-22;2-1-3;/h3-5,8-9,20-21,23-24,30-31H,6-7,10-19,22,25H2,1-2H3;1-5,8-11,18,20H,6-7,12-17,19H2;1H,(H,2,3);/q2*-1;;/t30-;;;/m1.../s1. The van der Waals surface area contributed by atoms with E-state index in [4.69, 9.17) is 24.8 Å². The SMILES string of the molecule is Cc1cc(C[C@H](C=O)[N-]N2CCN(C3CCN(C)CC3)CC2)cc2cnn(COC(=O)C3(c4ccccc4)CCCC3)c12.O=C(OCn1c(=O)c(C2CC[N-]CC2)cc2ccccc21)C1(c2ccccc2)CCCC1.O=CO.[Y]. The number of pyridine rings is 1. The van der Waals surface area contributed by atoms with E-state index in [9.17, 15) is 19.2 Å². The van der Waals surface area contributed by atoms with Crippen LogP contribution in [0.25, 0.3) is 32.5 Å². The monoisotopic (exact) mass is 1150 g/mol. The molecule has 1 atom stereocenters. The average Bonchev–Trinajstić information content (AvgIpc) is 4.39. The number of piperazine rings is 1. The number of carbonyl (C=O) groups excluding carboxylic acids is 3. The van der Waals surface area contributed by atoms with E-state index in [1.165, 1.54) is 25.9 Å². The van der Waals surface area contributed by atoms with Gasteiger partial charge in [0.1, 0.15) is 6.29 Å². The van der Waals surface area contributed by atoms with E-state index >= 15 is 0 Å². The molecule has 16 nitrogen and oxygen atoms in total. The number of fused-ring (bicyclic) bond motifs is 2. The van der Waals surface area contributed by atoms with Crippen LogP contribution in [0.15, 0.2) is 114 Å². The second kappa shape index (κ2) is 28.3. The van der Waals surface area contributed by atoms with Gasteiger partial charge in [-0.15, -0.1) is 13.1 Å². The molecule has 1 radical (unpaired) electrons. The first-order valence-electron chi connectivity index (χ1n) is 28.1. The van der Waals surface area contributed by atoms with Gasteiger partial charge >= 0.3 is 11.9 Å². The van der Waals surface area contributed by atoms with E-state index in [0.717, 1.165) is 159 Å². The van der Waals surface area contributed by atoms with Gasteiger partial charge in [0.15, 0.2) is 13.5 Å². The van der Waals surface area contributed by atoms with Crippen molar-refractivity contribution in [3.05, 3.63) is 158 Å². The summed E-state index contributed by atoms with van der Waals surface area (Å²) in [5.41, 5.74) is 10.3. The Hall–Kier alpha value is -5.46. The van der Waals surface area contributed by atoms with Crippen LogP contribution in [-0.2, 0) is 92.1 Å². The Kier molecular flexibility index (Phi) is 21.4. The molecule has 5 aliphatic rings. The first-order valence-corrected chi connectivity index (χ1v) is 28.1. The van der Waals surface area contributed by atoms with Crippen molar-refractivity contribution in [3.8, 4) is 0 Å². The van der Waals surface area contributed by atoms with Gasteiger partial charge in [0.25, 0.3) is 12.0 Å². The normalized spacial score (nSPS) is 19.3. The number of nitrogens with zero attached hydrogens (tertiary/aromatic N) is 8. The number of para-hydroxylation sites is 1. The van der Waals surface area contributed by atoms with Gasteiger partial charge in [-0.05, 0) is 137 Å². The zero-order chi connectivity index (χ0) is 54.5. The molecular weight excluding hydrogens is 1070 g/mol. The first kappa shape index (κ1) is 59.7. The number of carboxylic acid groups (broad SMARTS) is 1. The first-order chi connectivity index (χ1) is 38.0. The van der Waals surface area contributed by atoms with E-state index in [0.29, 0.717) is 12.5 Å². The fraction of sp³-hybridized carbons (Fsp3) is 0.484. The molecule has 417 valence electrons. The van der Waals surface area contributed by atoms with Crippen LogP contribution in [0.4, 0.5) is 0 Å². The van der Waals surface area contributed by atoms with Crippen molar-refractivity contribution >= 4 is 46.5 Å². The van der Waals surface area contributed by atoms with Gasteiger partial charge in [0.05, 0.1) is 28.1 Å². The van der Waals surface area contributed by atoms with Gasteiger partial charge in [-0.1, -0.05) is 129 Å². The van der Waals surface area contributed by atoms with Gasteiger partial charge in [-0.25, -0.2) is 4.68 Å². The third-order valence-electron chi connectivity index (χ3n) is 17.1. The number of ether oxygens (including phenoxy) is 2. The molecule has 5 heterocycles. The minimum absolute atomic E-state index is 0. The molecule has 6 aromatic rings. The Morgan fingerprint density at radius 2 is 1.30 bits per heavy atom. The second-order valence-corrected chi connectivity index (χ2v) is 21.9. The van der Waals surface area contributed by atoms with E-state index < -0.39 is 16.9 Å². The van der Waals surface area contributed by atoms with Crippen molar-refractivity contribution < 1.29 is 66.5 Å². The molecule has 17 heteroatoms. The zero-order valence-electron chi connectivity index (χ0n) is 46.0. The molecule has 3 saturated heterocycles. The Morgan fingerprint density at radius 1 is 0.747 bits per heavy atom. The van der Waals surface area contributed by atoms with Crippen LogP contribution < -0.4 is 5.56 Å². The molecule has 11 rings (SSSR count). The number of hydrogen-bond acceptors (Lipinski definition) is 11. The Balaban J connectivity index is 0.000000203. The number of rotatable bonds is 15. The molecule has 3 aliphatic heterocycles. The number of aldehydes is 1. The fourth-order valence-corrected chi connectivity index (χ4v) is 12.9. The van der Waals surface area contributed by atoms with Crippen molar-refractivity contribution in [3.63, 3.8) is 0 Å². The fourth-order valence-electron chi connectivity index (χ4n) is 12.9. The number of carbonyl (C=O) groups is 4. The predicted octanol–water partition coefficient (Wildman–Crippen LogP) is 9.43. The maximum Gasteiger partial charge on any atom is 0.318 e. The predicted molar refractivity (Wildman–Crippen MR) is 302 cm³/mol. The van der Waals surface area contributed by atoms with Crippen molar-refractivity contribution in [1.29, 1.82) is 0 Å². The summed E-state index contributed by atoms with van der Waals surface area (Å²) in [6.45, 7) is 9.49. The third kappa shape index (κ3) is 14.0. The smallest absolute Gasteiger partial charge is 0.318 e. The summed E-state index contributed by atoms with van der Waals surface area (Å²) in [4.78, 5) is 65.8. The summed E-state index contributed by atoms with van der Waals surface area (Å²) in [5.74, 6) is -0.187. The molecule has 4 aromatic carbocycles. The van der Waals surface area contributed by atoms with Crippen LogP contribution in [-0.4, -0.2) is 130 Å². The Morgan fingerprint density at radius 3 is 1.89 bits per heavy atom. The van der Waals surface area contributed by atoms with Crippen LogP contribution in [0.2, 0.25) is 0 Å². The number of esters is 2. The van der Waals surface area contributed by atoms with Crippen molar-refractivity contribution in [1.82, 2.24) is 29.2 Å². The number of benzene rings is 4. The molecule has 2 saturated carbocycles. The molecule has 2 aliphatic carbocycles. The molecule has 0 bridgehead atoms. The summed E-state index contributed by atoms with van der Waals surface area (Å²) in [6, 6.07) is 34.3. The average molecular weight is 1150 g/mol. The van der Waals surface area contributed by atoms with Crippen molar-refractivity contribution in [2.75, 3.05) is 59.4 Å². The van der Waals surface area contributed by atoms with E-state index in [-0.39, 0.29) is 76.1 Å². The topological polar surface area (TPSA) is 185 Å². The van der Waals surface area contributed by atoms with Crippen LogP contribution in [0, 0.1) is 6.92 Å². The molecule has 2 aromatic heterocycles. The summed E-state index contributed by atoms with van der Waals surface area (Å²) in [7, 11) is 2.20. The van der Waals surface area contributed by atoms with Crippen LogP contribution in [0.5, 0.6) is 0 Å². The summed E-state index contributed by atoms with van der Waals surface area (Å²) < 4.78 is 15.2. The minimum atomic E-state index is -0.608. The molecular formula is C62H76N8O8Y-2. The van der Waals surface area contributed by atoms with Gasteiger partial charge < -0.3 is 40.0 Å². The van der Waals surface area contributed by atoms with Crippen LogP contribution in [0.1, 0.15) is 111 Å². The van der Waals surface area contributed by atoms with E-state index in [1.807, 2.05) is 104 Å².